The summed E-state index contributed by atoms with van der Waals surface area (Å²) in [7, 11) is 0. The minimum atomic E-state index is -0.209. The molecule has 6 nitrogen and oxygen atoms in total. The molecule has 0 aliphatic carbocycles. The number of carbonyl (C=O) groups is 2. The van der Waals surface area contributed by atoms with Crippen molar-refractivity contribution in [3.05, 3.63) is 28.2 Å². The van der Waals surface area contributed by atoms with Crippen LogP contribution < -0.4 is 20.4 Å². The fraction of sp³-hybridized carbons (Fsp3) is 0.579. The molecule has 1 aromatic rings. The molecule has 1 aromatic carbocycles. The molecule has 8 heteroatoms. The molecule has 0 spiro atoms. The average molecular weight is 417 g/mol. The van der Waals surface area contributed by atoms with Crippen LogP contribution in [-0.4, -0.2) is 56.6 Å². The minimum Gasteiger partial charge on any atom is -0.347 e. The summed E-state index contributed by atoms with van der Waals surface area (Å²) in [5.74, 6) is -0.00242. The zero-order valence-electron chi connectivity index (χ0n) is 16.3. The Hall–Kier alpha value is -1.34. The molecule has 150 valence electrons. The summed E-state index contributed by atoms with van der Waals surface area (Å²) in [5, 5.41) is 6.86. The number of hydrogen-bond donors (Lipinski definition) is 4. The summed E-state index contributed by atoms with van der Waals surface area (Å²) in [4.78, 5) is 27.0. The molecule has 4 N–H and O–H groups in total. The zero-order chi connectivity index (χ0) is 20.0. The molecule has 0 aromatic heterocycles. The van der Waals surface area contributed by atoms with Crippen LogP contribution in [-0.2, 0) is 9.59 Å². The van der Waals surface area contributed by atoms with Gasteiger partial charge in [-0.15, -0.1) is 0 Å². The molecular formula is C19H30Cl2N4O2+2. The second kappa shape index (κ2) is 9.73. The van der Waals surface area contributed by atoms with Crippen molar-refractivity contribution in [2.24, 2.45) is 0 Å². The second-order valence-corrected chi connectivity index (χ2v) is 9.02. The lowest BCUT2D eigenvalue weighted by atomic mass is 10.1. The SMILES string of the molecule is CC(C)(C)NC(=O)C[NH+]1CCC[NH+](CC(=O)Nc2cc(Cl)ccc2Cl)CC1. The number of carbonyl (C=O) groups excluding carboxylic acids is 2. The summed E-state index contributed by atoms with van der Waals surface area (Å²) in [6.45, 7) is 10.4. The molecule has 2 atom stereocenters. The minimum absolute atomic E-state index is 0.0780. The van der Waals surface area contributed by atoms with Crippen molar-refractivity contribution in [3.8, 4) is 0 Å². The van der Waals surface area contributed by atoms with Crippen LogP contribution in [0.25, 0.3) is 0 Å². The van der Waals surface area contributed by atoms with E-state index < -0.39 is 0 Å². The van der Waals surface area contributed by atoms with Gasteiger partial charge in [0.1, 0.15) is 13.1 Å². The lowest BCUT2D eigenvalue weighted by Crippen LogP contribution is -3.18. The van der Waals surface area contributed by atoms with Crippen LogP contribution in [0.15, 0.2) is 18.2 Å². The van der Waals surface area contributed by atoms with E-state index >= 15 is 0 Å². The molecular weight excluding hydrogens is 387 g/mol. The third kappa shape index (κ3) is 8.05. The summed E-state index contributed by atoms with van der Waals surface area (Å²) in [6, 6.07) is 5.01. The Morgan fingerprint density at radius 2 is 1.59 bits per heavy atom. The van der Waals surface area contributed by atoms with E-state index in [9.17, 15) is 9.59 Å². The molecule has 1 heterocycles. The Labute approximate surface area is 171 Å². The molecule has 2 rings (SSSR count). The maximum Gasteiger partial charge on any atom is 0.279 e. The number of hydrogen-bond acceptors (Lipinski definition) is 2. The Morgan fingerprint density at radius 3 is 2.19 bits per heavy atom. The van der Waals surface area contributed by atoms with Gasteiger partial charge in [0.05, 0.1) is 23.8 Å². The van der Waals surface area contributed by atoms with E-state index in [1.54, 1.807) is 18.2 Å². The number of quaternary nitrogens is 2. The Morgan fingerprint density at radius 1 is 1.00 bits per heavy atom. The van der Waals surface area contributed by atoms with Crippen LogP contribution >= 0.6 is 23.2 Å². The van der Waals surface area contributed by atoms with Crippen molar-refractivity contribution in [2.75, 3.05) is 44.6 Å². The van der Waals surface area contributed by atoms with Gasteiger partial charge in [-0.3, -0.25) is 9.59 Å². The number of halogens is 2. The monoisotopic (exact) mass is 416 g/mol. The molecule has 27 heavy (non-hydrogen) atoms. The summed E-state index contributed by atoms with van der Waals surface area (Å²) in [6.07, 6.45) is 0.985. The zero-order valence-corrected chi connectivity index (χ0v) is 17.8. The number of nitrogens with one attached hydrogen (secondary N) is 4. The van der Waals surface area contributed by atoms with E-state index in [2.05, 4.69) is 10.6 Å². The van der Waals surface area contributed by atoms with E-state index in [1.807, 2.05) is 20.8 Å². The highest BCUT2D eigenvalue weighted by molar-refractivity contribution is 6.35. The maximum absolute atomic E-state index is 12.4. The number of amides is 2. The fourth-order valence-electron chi connectivity index (χ4n) is 3.25. The van der Waals surface area contributed by atoms with Crippen LogP contribution in [0.4, 0.5) is 5.69 Å². The Balaban J connectivity index is 1.81. The summed E-state index contributed by atoms with van der Waals surface area (Å²) >= 11 is 12.1. The lowest BCUT2D eigenvalue weighted by molar-refractivity contribution is -0.930. The van der Waals surface area contributed by atoms with E-state index in [1.165, 1.54) is 9.80 Å². The topological polar surface area (TPSA) is 67.1 Å². The Bertz CT molecular complexity index is 676. The van der Waals surface area contributed by atoms with Crippen molar-refractivity contribution >= 4 is 40.7 Å². The standard InChI is InChI=1S/C19H28Cl2N4O2/c1-19(2,3)23-18(27)13-25-8-4-7-24(9-10-25)12-17(26)22-16-11-14(20)5-6-15(16)21/h5-6,11H,4,7-10,12-13H2,1-3H3,(H,22,26)(H,23,27)/p+2. The van der Waals surface area contributed by atoms with Crippen LogP contribution in [0, 0.1) is 0 Å². The van der Waals surface area contributed by atoms with Crippen LogP contribution in [0.1, 0.15) is 27.2 Å². The first-order valence-electron chi connectivity index (χ1n) is 9.35. The normalized spacial score (nSPS) is 20.6. The predicted molar refractivity (Wildman–Crippen MR) is 109 cm³/mol. The molecule has 0 saturated carbocycles. The molecule has 0 bridgehead atoms. The second-order valence-electron chi connectivity index (χ2n) is 8.18. The van der Waals surface area contributed by atoms with Gasteiger partial charge >= 0.3 is 0 Å². The molecule has 1 aliphatic rings. The largest absolute Gasteiger partial charge is 0.347 e. The predicted octanol–water partition coefficient (Wildman–Crippen LogP) is 0.0201. The van der Waals surface area contributed by atoms with Gasteiger partial charge in [-0.1, -0.05) is 23.2 Å². The van der Waals surface area contributed by atoms with Gasteiger partial charge in [-0.2, -0.15) is 0 Å². The summed E-state index contributed by atoms with van der Waals surface area (Å²) in [5.41, 5.74) is 0.328. The molecule has 1 aliphatic heterocycles. The highest BCUT2D eigenvalue weighted by Gasteiger charge is 2.25. The van der Waals surface area contributed by atoms with Crippen molar-refractivity contribution in [2.45, 2.75) is 32.7 Å². The fourth-order valence-corrected chi connectivity index (χ4v) is 3.59. The highest BCUT2D eigenvalue weighted by atomic mass is 35.5. The lowest BCUT2D eigenvalue weighted by Gasteiger charge is -2.22. The highest BCUT2D eigenvalue weighted by Crippen LogP contribution is 2.25. The molecule has 2 unspecified atom stereocenters. The van der Waals surface area contributed by atoms with Crippen molar-refractivity contribution in [1.29, 1.82) is 0 Å². The van der Waals surface area contributed by atoms with E-state index in [0.717, 1.165) is 32.6 Å². The molecule has 1 fully saturated rings. The van der Waals surface area contributed by atoms with Gasteiger partial charge in [-0.05, 0) is 39.0 Å². The third-order valence-electron chi connectivity index (χ3n) is 4.43. The van der Waals surface area contributed by atoms with E-state index in [-0.39, 0.29) is 17.4 Å². The first kappa shape index (κ1) is 22.0. The molecule has 2 amide bonds. The number of benzene rings is 1. The van der Waals surface area contributed by atoms with Crippen molar-refractivity contribution in [3.63, 3.8) is 0 Å². The van der Waals surface area contributed by atoms with Gasteiger partial charge in [0.25, 0.3) is 11.8 Å². The van der Waals surface area contributed by atoms with Crippen molar-refractivity contribution < 1.29 is 19.4 Å². The molecule has 0 radical (unpaired) electrons. The van der Waals surface area contributed by atoms with E-state index in [4.69, 9.17) is 23.2 Å². The quantitative estimate of drug-likeness (QED) is 0.546. The average Bonchev–Trinajstić information content (AvgIpc) is 2.74. The van der Waals surface area contributed by atoms with Gasteiger partial charge in [0.15, 0.2) is 13.1 Å². The van der Waals surface area contributed by atoms with Gasteiger partial charge < -0.3 is 20.4 Å². The van der Waals surface area contributed by atoms with Crippen LogP contribution in [0.3, 0.4) is 0 Å². The van der Waals surface area contributed by atoms with Crippen LogP contribution in [0.5, 0.6) is 0 Å². The Kier molecular flexibility index (Phi) is 7.91. The summed E-state index contributed by atoms with van der Waals surface area (Å²) < 4.78 is 0. The smallest absolute Gasteiger partial charge is 0.279 e. The van der Waals surface area contributed by atoms with Gasteiger partial charge in [-0.25, -0.2) is 0 Å². The van der Waals surface area contributed by atoms with Gasteiger partial charge in [0.2, 0.25) is 0 Å². The van der Waals surface area contributed by atoms with E-state index in [0.29, 0.717) is 28.8 Å². The third-order valence-corrected chi connectivity index (χ3v) is 5.00. The number of rotatable bonds is 5. The first-order valence-corrected chi connectivity index (χ1v) is 10.1. The van der Waals surface area contributed by atoms with Crippen LogP contribution in [0.2, 0.25) is 10.0 Å². The van der Waals surface area contributed by atoms with Crippen molar-refractivity contribution in [1.82, 2.24) is 5.32 Å². The van der Waals surface area contributed by atoms with Gasteiger partial charge in [0, 0.05) is 17.0 Å². The first-order chi connectivity index (χ1) is 12.6. The maximum atomic E-state index is 12.4. The molecule has 1 saturated heterocycles. The number of anilines is 1.